The highest BCUT2D eigenvalue weighted by molar-refractivity contribution is 7.85. The lowest BCUT2D eigenvalue weighted by atomic mass is 10.0. The van der Waals surface area contributed by atoms with Crippen molar-refractivity contribution in [2.75, 3.05) is 0 Å². The number of hydrogen-bond donors (Lipinski definition) is 2. The van der Waals surface area contributed by atoms with Gasteiger partial charge >= 0.3 is 11.9 Å². The van der Waals surface area contributed by atoms with Crippen LogP contribution in [0.4, 0.5) is 0 Å². The molecule has 3 N–H and O–H groups in total. The van der Waals surface area contributed by atoms with Crippen LogP contribution in [0, 0.1) is 6.92 Å². The molecule has 10 nitrogen and oxygen atoms in total. The van der Waals surface area contributed by atoms with Crippen LogP contribution in [0.5, 0.6) is 0 Å². The number of carbonyl (C=O) groups is 3. The number of allylic oxidation sites excluding steroid dienone is 1. The van der Waals surface area contributed by atoms with E-state index in [-0.39, 0.29) is 23.6 Å². The van der Waals surface area contributed by atoms with Gasteiger partial charge in [-0.25, -0.2) is 4.79 Å². The highest BCUT2D eigenvalue weighted by Gasteiger charge is 2.51. The summed E-state index contributed by atoms with van der Waals surface area (Å²) in [7, 11) is -4.02. The highest BCUT2D eigenvalue weighted by atomic mass is 32.2. The largest absolute Gasteiger partial charge is 0.456 e. The minimum Gasteiger partial charge on any atom is -0.456 e. The van der Waals surface area contributed by atoms with E-state index in [1.807, 2.05) is 55.5 Å². The molecular formula is C30H32N2O8S. The number of aryl methyl sites for hydroxylation is 1. The van der Waals surface area contributed by atoms with Crippen molar-refractivity contribution < 1.29 is 36.8 Å². The van der Waals surface area contributed by atoms with Crippen molar-refractivity contribution in [2.24, 2.45) is 5.73 Å². The van der Waals surface area contributed by atoms with Crippen LogP contribution < -0.4 is 5.73 Å². The second-order valence-electron chi connectivity index (χ2n) is 9.48. The van der Waals surface area contributed by atoms with E-state index in [9.17, 15) is 22.8 Å². The third-order valence-electron chi connectivity index (χ3n) is 5.97. The molecule has 2 atom stereocenters. The Labute approximate surface area is 239 Å². The summed E-state index contributed by atoms with van der Waals surface area (Å²) in [6, 6.07) is 23.2. The molecule has 0 unspecified atom stereocenters. The lowest BCUT2D eigenvalue weighted by Crippen LogP contribution is -2.70. The number of amides is 1. The van der Waals surface area contributed by atoms with E-state index in [1.165, 1.54) is 12.1 Å². The van der Waals surface area contributed by atoms with E-state index in [0.29, 0.717) is 5.57 Å². The Hall–Kier alpha value is -4.32. The molecule has 0 aliphatic carbocycles. The molecule has 1 heterocycles. The Morgan fingerprint density at radius 2 is 1.44 bits per heavy atom. The summed E-state index contributed by atoms with van der Waals surface area (Å²) in [5.74, 6) is -1.71. The molecular weight excluding hydrogens is 548 g/mol. The second kappa shape index (κ2) is 13.8. The molecule has 0 aromatic heterocycles. The van der Waals surface area contributed by atoms with Crippen molar-refractivity contribution in [3.63, 3.8) is 0 Å². The zero-order chi connectivity index (χ0) is 30.2. The topological polar surface area (TPSA) is 153 Å². The quantitative estimate of drug-likeness (QED) is 0.176. The van der Waals surface area contributed by atoms with Gasteiger partial charge < -0.3 is 15.2 Å². The van der Waals surface area contributed by atoms with E-state index >= 15 is 0 Å². The number of carbonyl (C=O) groups excluding carboxylic acids is 3. The van der Waals surface area contributed by atoms with Crippen molar-refractivity contribution in [3.05, 3.63) is 113 Å². The van der Waals surface area contributed by atoms with Gasteiger partial charge in [0.25, 0.3) is 16.0 Å². The van der Waals surface area contributed by atoms with Crippen LogP contribution in [-0.2, 0) is 47.0 Å². The molecule has 1 saturated heterocycles. The molecule has 0 saturated carbocycles. The molecule has 0 bridgehead atoms. The van der Waals surface area contributed by atoms with Crippen LogP contribution in [0.25, 0.3) is 0 Å². The number of benzene rings is 3. The lowest BCUT2D eigenvalue weighted by molar-refractivity contribution is -0.186. The van der Waals surface area contributed by atoms with Gasteiger partial charge in [0.05, 0.1) is 11.3 Å². The number of nitrogens with zero attached hydrogens (tertiary/aromatic N) is 1. The normalized spacial score (nSPS) is 16.0. The molecule has 11 heteroatoms. The molecule has 0 radical (unpaired) electrons. The van der Waals surface area contributed by atoms with Crippen molar-refractivity contribution >= 4 is 28.0 Å². The van der Waals surface area contributed by atoms with Crippen LogP contribution in [0.2, 0.25) is 0 Å². The van der Waals surface area contributed by atoms with E-state index in [0.717, 1.165) is 21.6 Å². The van der Waals surface area contributed by atoms with Crippen LogP contribution >= 0.6 is 0 Å². The first-order chi connectivity index (χ1) is 19.4. The van der Waals surface area contributed by atoms with Crippen molar-refractivity contribution in [3.8, 4) is 0 Å². The van der Waals surface area contributed by atoms with Gasteiger partial charge in [-0.2, -0.15) is 8.42 Å². The molecule has 4 rings (SSSR count). The first kappa shape index (κ1) is 31.2. The Kier molecular flexibility index (Phi) is 10.5. The Balaban J connectivity index is 0.000000352. The summed E-state index contributed by atoms with van der Waals surface area (Å²) >= 11 is 0. The number of nitrogens with two attached hydrogens (primary N) is 1. The molecule has 1 fully saturated rings. The Morgan fingerprint density at radius 3 is 1.95 bits per heavy atom. The van der Waals surface area contributed by atoms with Gasteiger partial charge in [-0.05, 0) is 49.6 Å². The smallest absolute Gasteiger partial charge is 0.355 e. The fourth-order valence-corrected chi connectivity index (χ4v) is 4.31. The summed E-state index contributed by atoms with van der Waals surface area (Å²) < 4.78 is 40.3. The van der Waals surface area contributed by atoms with Gasteiger partial charge in [0.2, 0.25) is 6.23 Å². The average Bonchev–Trinajstić information content (AvgIpc) is 2.94. The molecule has 1 aliphatic heterocycles. The predicted molar refractivity (Wildman–Crippen MR) is 150 cm³/mol. The number of esters is 2. The summed E-state index contributed by atoms with van der Waals surface area (Å²) in [5, 5.41) is 0. The molecule has 41 heavy (non-hydrogen) atoms. The molecule has 216 valence electrons. The third kappa shape index (κ3) is 8.58. The number of hydrogen-bond acceptors (Lipinski definition) is 8. The molecule has 3 aromatic rings. The maximum Gasteiger partial charge on any atom is 0.355 e. The van der Waals surface area contributed by atoms with E-state index in [1.54, 1.807) is 38.1 Å². The first-order valence-corrected chi connectivity index (χ1v) is 14.1. The highest BCUT2D eigenvalue weighted by Crippen LogP contribution is 2.28. The summed E-state index contributed by atoms with van der Waals surface area (Å²) in [5.41, 5.74) is 9.00. The lowest BCUT2D eigenvalue weighted by Gasteiger charge is -2.44. The summed E-state index contributed by atoms with van der Waals surface area (Å²) in [4.78, 5) is 38.5. The SMILES string of the molecule is CC(C)=C(C(=O)OCc1ccccc1)N1C(=O)[C@@H](N)[C@H]1OC(=O)Cc1ccccc1.Cc1ccc(S(=O)(=O)O)cc1. The average molecular weight is 581 g/mol. The van der Waals surface area contributed by atoms with E-state index in [2.05, 4.69) is 0 Å². The van der Waals surface area contributed by atoms with E-state index < -0.39 is 40.2 Å². The number of rotatable bonds is 8. The summed E-state index contributed by atoms with van der Waals surface area (Å²) in [6.07, 6.45) is -1.02. The number of ether oxygens (including phenoxy) is 2. The van der Waals surface area contributed by atoms with Gasteiger partial charge in [-0.15, -0.1) is 0 Å². The van der Waals surface area contributed by atoms with Gasteiger partial charge in [-0.3, -0.25) is 19.0 Å². The van der Waals surface area contributed by atoms with Crippen LogP contribution in [0.1, 0.15) is 30.5 Å². The van der Waals surface area contributed by atoms with Gasteiger partial charge in [0.1, 0.15) is 18.3 Å². The fourth-order valence-electron chi connectivity index (χ4n) is 3.83. The number of β-lactam (4-membered cyclic amide) rings is 1. The van der Waals surface area contributed by atoms with Gasteiger partial charge in [-0.1, -0.05) is 78.4 Å². The van der Waals surface area contributed by atoms with Crippen molar-refractivity contribution in [1.82, 2.24) is 4.90 Å². The fraction of sp³-hybridized carbons (Fsp3) is 0.233. The van der Waals surface area contributed by atoms with Crippen molar-refractivity contribution in [2.45, 2.75) is 51.0 Å². The maximum atomic E-state index is 12.7. The van der Waals surface area contributed by atoms with Crippen LogP contribution in [0.3, 0.4) is 0 Å². The molecule has 3 aromatic carbocycles. The van der Waals surface area contributed by atoms with Crippen LogP contribution in [0.15, 0.2) is 101 Å². The standard InChI is InChI=1S/C23H24N2O5.C7H8O3S/c1-15(2)20(23(28)29-14-17-11-7-4-8-12-17)25-21(27)19(24)22(25)30-18(26)13-16-9-5-3-6-10-16;1-6-2-4-7(5-3-6)11(8,9)10/h3-12,19,22H,13-14,24H2,1-2H3;2-5H,1H3,(H,8,9,10)/t19-,22-;/m1./s1. The Morgan fingerprint density at radius 1 is 0.902 bits per heavy atom. The second-order valence-corrected chi connectivity index (χ2v) is 10.9. The molecule has 1 aliphatic rings. The maximum absolute atomic E-state index is 12.7. The minimum atomic E-state index is -4.02. The van der Waals surface area contributed by atoms with Gasteiger partial charge in [0.15, 0.2) is 0 Å². The Bertz CT molecular complexity index is 1500. The van der Waals surface area contributed by atoms with Crippen LogP contribution in [-0.4, -0.2) is 48.0 Å². The first-order valence-electron chi connectivity index (χ1n) is 12.6. The van der Waals surface area contributed by atoms with E-state index in [4.69, 9.17) is 19.8 Å². The van der Waals surface area contributed by atoms with Gasteiger partial charge in [0, 0.05) is 0 Å². The molecule has 1 amide bonds. The van der Waals surface area contributed by atoms with Crippen molar-refractivity contribution in [1.29, 1.82) is 0 Å². The third-order valence-corrected chi connectivity index (χ3v) is 6.84. The molecule has 0 spiro atoms. The predicted octanol–water partition coefficient (Wildman–Crippen LogP) is 3.55. The summed E-state index contributed by atoms with van der Waals surface area (Å²) in [6.45, 7) is 5.26. The monoisotopic (exact) mass is 580 g/mol. The minimum absolute atomic E-state index is 0.0364. The zero-order valence-electron chi connectivity index (χ0n) is 22.9. The number of likely N-dealkylation sites (tertiary alicyclic amines) is 1. The zero-order valence-corrected chi connectivity index (χ0v) is 23.7.